The third kappa shape index (κ3) is 3.21. The maximum absolute atomic E-state index is 10.8. The van der Waals surface area contributed by atoms with Crippen LogP contribution in [0.3, 0.4) is 0 Å². The second-order valence-electron chi connectivity index (χ2n) is 3.57. The predicted octanol–water partition coefficient (Wildman–Crippen LogP) is 3.94. The smallest absolute Gasteiger partial charge is 0.147 e. The normalized spacial score (nSPS) is 12.2. The minimum absolute atomic E-state index is 0.576. The van der Waals surface area contributed by atoms with Crippen LogP contribution < -0.4 is 0 Å². The molecule has 0 atom stereocenters. The van der Waals surface area contributed by atoms with Crippen molar-refractivity contribution in [3.8, 4) is 0 Å². The molecule has 15 heavy (non-hydrogen) atoms. The fraction of sp³-hybridized carbons (Fsp3) is 0.308. The highest BCUT2D eigenvalue weighted by Gasteiger charge is 2.05. The monoisotopic (exact) mass is 222 g/mol. The first-order valence-electron chi connectivity index (χ1n) is 5.10. The Hall–Kier alpha value is -1.08. The lowest BCUT2D eigenvalue weighted by molar-refractivity contribution is -0.105. The van der Waals surface area contributed by atoms with Crippen molar-refractivity contribution in [3.05, 3.63) is 41.0 Å². The highest BCUT2D eigenvalue weighted by atomic mass is 35.5. The van der Waals surface area contributed by atoms with Gasteiger partial charge in [-0.05, 0) is 18.9 Å². The van der Waals surface area contributed by atoms with Gasteiger partial charge in [-0.1, -0.05) is 54.8 Å². The van der Waals surface area contributed by atoms with Crippen molar-refractivity contribution >= 4 is 22.9 Å². The highest BCUT2D eigenvalue weighted by molar-refractivity contribution is 6.50. The molecule has 0 saturated heterocycles. The van der Waals surface area contributed by atoms with Gasteiger partial charge in [0.2, 0.25) is 0 Å². The van der Waals surface area contributed by atoms with Gasteiger partial charge in [0.25, 0.3) is 0 Å². The number of benzene rings is 1. The molecule has 1 aromatic rings. The fourth-order valence-electron chi connectivity index (χ4n) is 1.38. The molecule has 1 rings (SSSR count). The molecule has 2 heteroatoms. The lowest BCUT2D eigenvalue weighted by atomic mass is 10.1. The maximum atomic E-state index is 10.8. The average molecular weight is 223 g/mol. The molecule has 1 aromatic carbocycles. The largest absolute Gasteiger partial charge is 0.298 e. The number of aldehydes is 1. The van der Waals surface area contributed by atoms with Gasteiger partial charge in [-0.3, -0.25) is 4.79 Å². The Morgan fingerprint density at radius 2 is 1.93 bits per heavy atom. The van der Waals surface area contributed by atoms with E-state index in [9.17, 15) is 4.79 Å². The van der Waals surface area contributed by atoms with Crippen molar-refractivity contribution < 1.29 is 4.79 Å². The number of carbonyl (C=O) groups excluding carboxylic acids is 1. The Labute approximate surface area is 95.8 Å². The number of carbonyl (C=O) groups is 1. The van der Waals surface area contributed by atoms with Crippen LogP contribution in [0.4, 0.5) is 0 Å². The van der Waals surface area contributed by atoms with Gasteiger partial charge >= 0.3 is 0 Å². The van der Waals surface area contributed by atoms with Gasteiger partial charge in [-0.2, -0.15) is 0 Å². The summed E-state index contributed by atoms with van der Waals surface area (Å²) in [6, 6.07) is 7.87. The standard InChI is InChI=1S/C13H15ClO/c1-3-4-12(9-15)13(14)11-7-5-10(2)6-8-11/h5-9H,3-4H2,1-2H3/b13-12+. The van der Waals surface area contributed by atoms with Crippen LogP contribution in [-0.2, 0) is 4.79 Å². The fourth-order valence-corrected chi connectivity index (χ4v) is 1.64. The Bertz CT molecular complexity index is 363. The lowest BCUT2D eigenvalue weighted by Gasteiger charge is -2.04. The van der Waals surface area contributed by atoms with E-state index in [0.29, 0.717) is 10.6 Å². The van der Waals surface area contributed by atoms with Gasteiger partial charge in [0.15, 0.2) is 0 Å². The molecule has 80 valence electrons. The number of hydrogen-bond acceptors (Lipinski definition) is 1. The van der Waals surface area contributed by atoms with E-state index in [2.05, 4.69) is 0 Å². The zero-order chi connectivity index (χ0) is 11.3. The van der Waals surface area contributed by atoms with Crippen LogP contribution in [0.2, 0.25) is 0 Å². The lowest BCUT2D eigenvalue weighted by Crippen LogP contribution is -1.89. The summed E-state index contributed by atoms with van der Waals surface area (Å²) in [5.74, 6) is 0. The molecule has 0 fully saturated rings. The van der Waals surface area contributed by atoms with Crippen LogP contribution in [0.1, 0.15) is 30.9 Å². The summed E-state index contributed by atoms with van der Waals surface area (Å²) in [6.45, 7) is 4.05. The van der Waals surface area contributed by atoms with Gasteiger partial charge in [-0.25, -0.2) is 0 Å². The molecule has 0 radical (unpaired) electrons. The summed E-state index contributed by atoms with van der Waals surface area (Å²) in [6.07, 6.45) is 2.51. The molecule has 0 aliphatic carbocycles. The Morgan fingerprint density at radius 1 is 1.33 bits per heavy atom. The summed E-state index contributed by atoms with van der Waals surface area (Å²) in [4.78, 5) is 10.8. The average Bonchev–Trinajstić information content (AvgIpc) is 2.26. The van der Waals surface area contributed by atoms with Crippen molar-refractivity contribution in [1.82, 2.24) is 0 Å². The van der Waals surface area contributed by atoms with E-state index in [1.165, 1.54) is 5.56 Å². The molecule has 0 amide bonds. The van der Waals surface area contributed by atoms with E-state index in [0.717, 1.165) is 24.7 Å². The number of rotatable bonds is 4. The third-order valence-electron chi connectivity index (χ3n) is 2.25. The van der Waals surface area contributed by atoms with E-state index in [-0.39, 0.29) is 0 Å². The topological polar surface area (TPSA) is 17.1 Å². The molecule has 0 N–H and O–H groups in total. The molecule has 0 aromatic heterocycles. The number of halogens is 1. The number of allylic oxidation sites excluding steroid dienone is 1. The molecule has 0 aliphatic heterocycles. The van der Waals surface area contributed by atoms with Crippen LogP contribution in [-0.4, -0.2) is 6.29 Å². The van der Waals surface area contributed by atoms with E-state index in [1.54, 1.807) is 0 Å². The van der Waals surface area contributed by atoms with Crippen molar-refractivity contribution in [3.63, 3.8) is 0 Å². The second-order valence-corrected chi connectivity index (χ2v) is 3.95. The van der Waals surface area contributed by atoms with Crippen LogP contribution in [0.15, 0.2) is 29.8 Å². The molecule has 0 bridgehead atoms. The van der Waals surface area contributed by atoms with Gasteiger partial charge in [0, 0.05) is 5.57 Å². The van der Waals surface area contributed by atoms with E-state index >= 15 is 0 Å². The van der Waals surface area contributed by atoms with Crippen LogP contribution in [0.25, 0.3) is 5.03 Å². The predicted molar refractivity (Wildman–Crippen MR) is 64.9 cm³/mol. The second kappa shape index (κ2) is 5.72. The summed E-state index contributed by atoms with van der Waals surface area (Å²) < 4.78 is 0. The maximum Gasteiger partial charge on any atom is 0.147 e. The summed E-state index contributed by atoms with van der Waals surface area (Å²) in [5.41, 5.74) is 2.78. The van der Waals surface area contributed by atoms with Gasteiger partial charge in [-0.15, -0.1) is 0 Å². The number of hydrogen-bond donors (Lipinski definition) is 0. The molecule has 0 aliphatic rings. The zero-order valence-electron chi connectivity index (χ0n) is 9.09. The first-order valence-corrected chi connectivity index (χ1v) is 5.47. The SMILES string of the molecule is CCC/C(C=O)=C(\Cl)c1ccc(C)cc1. The van der Waals surface area contributed by atoms with Crippen LogP contribution in [0, 0.1) is 6.92 Å². The van der Waals surface area contributed by atoms with Crippen LogP contribution in [0.5, 0.6) is 0 Å². The summed E-state index contributed by atoms with van der Waals surface area (Å²) in [7, 11) is 0. The molecule has 0 spiro atoms. The Morgan fingerprint density at radius 3 is 2.40 bits per heavy atom. The Kier molecular flexibility index (Phi) is 4.57. The Balaban J connectivity index is 3.04. The molecule has 0 heterocycles. The molecule has 0 unspecified atom stereocenters. The first kappa shape index (κ1) is 12.0. The molecule has 1 nitrogen and oxygen atoms in total. The van der Waals surface area contributed by atoms with Crippen molar-refractivity contribution in [2.24, 2.45) is 0 Å². The zero-order valence-corrected chi connectivity index (χ0v) is 9.84. The van der Waals surface area contributed by atoms with Crippen LogP contribution >= 0.6 is 11.6 Å². The highest BCUT2D eigenvalue weighted by Crippen LogP contribution is 2.24. The molecule has 0 saturated carbocycles. The number of aryl methyl sites for hydroxylation is 1. The van der Waals surface area contributed by atoms with Gasteiger partial charge < -0.3 is 0 Å². The van der Waals surface area contributed by atoms with Gasteiger partial charge in [0.1, 0.15) is 6.29 Å². The summed E-state index contributed by atoms with van der Waals surface area (Å²) in [5, 5.41) is 0.576. The van der Waals surface area contributed by atoms with Crippen molar-refractivity contribution in [1.29, 1.82) is 0 Å². The van der Waals surface area contributed by atoms with Gasteiger partial charge in [0.05, 0.1) is 5.03 Å². The van der Waals surface area contributed by atoms with Crippen molar-refractivity contribution in [2.45, 2.75) is 26.7 Å². The minimum atomic E-state index is 0.576. The quantitative estimate of drug-likeness (QED) is 0.557. The summed E-state index contributed by atoms with van der Waals surface area (Å²) >= 11 is 6.15. The van der Waals surface area contributed by atoms with E-state index in [4.69, 9.17) is 11.6 Å². The first-order chi connectivity index (χ1) is 7.19. The molecular formula is C13H15ClO. The third-order valence-corrected chi connectivity index (χ3v) is 2.71. The minimum Gasteiger partial charge on any atom is -0.298 e. The van der Waals surface area contributed by atoms with E-state index < -0.39 is 0 Å². The molecular weight excluding hydrogens is 208 g/mol. The van der Waals surface area contributed by atoms with Crippen molar-refractivity contribution in [2.75, 3.05) is 0 Å². The van der Waals surface area contributed by atoms with E-state index in [1.807, 2.05) is 38.1 Å².